The Hall–Kier alpha value is -2.37. The first-order valence-corrected chi connectivity index (χ1v) is 6.79. The van der Waals surface area contributed by atoms with Crippen molar-refractivity contribution in [3.8, 4) is 0 Å². The van der Waals surface area contributed by atoms with E-state index < -0.39 is 0 Å². The maximum absolute atomic E-state index is 12.2. The first kappa shape index (κ1) is 12.7. The van der Waals surface area contributed by atoms with E-state index in [-0.39, 0.29) is 5.91 Å². The van der Waals surface area contributed by atoms with Gasteiger partial charge in [-0.1, -0.05) is 0 Å². The molecule has 1 aliphatic rings. The molecule has 1 amide bonds. The van der Waals surface area contributed by atoms with Crippen molar-refractivity contribution in [1.82, 2.24) is 20.1 Å². The van der Waals surface area contributed by atoms with Crippen LogP contribution in [0, 0.1) is 0 Å². The third-order valence-corrected chi connectivity index (χ3v) is 3.52. The molecule has 0 bridgehead atoms. The van der Waals surface area contributed by atoms with Gasteiger partial charge in [0, 0.05) is 24.3 Å². The summed E-state index contributed by atoms with van der Waals surface area (Å²) in [5.41, 5.74) is 3.02. The fraction of sp³-hybridized carbons (Fsp3) is 0.357. The minimum absolute atomic E-state index is 0.0784. The number of carbonyl (C=O) groups excluding carboxylic acids is 1. The van der Waals surface area contributed by atoms with Gasteiger partial charge in [-0.15, -0.1) is 10.2 Å². The predicted molar refractivity (Wildman–Crippen MR) is 75.5 cm³/mol. The van der Waals surface area contributed by atoms with E-state index in [1.807, 2.05) is 29.7 Å². The van der Waals surface area contributed by atoms with Crippen LogP contribution in [0.15, 0.2) is 24.5 Å². The van der Waals surface area contributed by atoms with E-state index in [4.69, 9.17) is 0 Å². The molecule has 0 aliphatic carbocycles. The topological polar surface area (TPSA) is 71.8 Å². The molecule has 20 heavy (non-hydrogen) atoms. The smallest absolute Gasteiger partial charge is 0.251 e. The average Bonchev–Trinajstić information content (AvgIpc) is 3.12. The molecule has 6 heteroatoms. The number of hydrogen-bond acceptors (Lipinski definition) is 4. The third kappa shape index (κ3) is 2.36. The van der Waals surface area contributed by atoms with E-state index in [9.17, 15) is 4.79 Å². The Morgan fingerprint density at radius 2 is 2.40 bits per heavy atom. The van der Waals surface area contributed by atoms with Crippen molar-refractivity contribution in [2.45, 2.75) is 26.4 Å². The molecular formula is C14H17N5O. The van der Waals surface area contributed by atoms with Gasteiger partial charge in [-0.25, -0.2) is 0 Å². The van der Waals surface area contributed by atoms with E-state index in [0.717, 1.165) is 31.0 Å². The molecule has 2 N–H and O–H groups in total. The maximum atomic E-state index is 12.2. The fourth-order valence-electron chi connectivity index (χ4n) is 2.39. The molecule has 2 aromatic rings. The molecule has 104 valence electrons. The van der Waals surface area contributed by atoms with Gasteiger partial charge in [-0.2, -0.15) is 0 Å². The minimum Gasteiger partial charge on any atom is -0.384 e. The quantitative estimate of drug-likeness (QED) is 0.876. The number of rotatable bonds is 4. The van der Waals surface area contributed by atoms with Crippen LogP contribution < -0.4 is 10.6 Å². The Balaban J connectivity index is 1.67. The fourth-order valence-corrected chi connectivity index (χ4v) is 2.39. The molecule has 1 aromatic carbocycles. The first-order valence-electron chi connectivity index (χ1n) is 6.79. The number of nitrogens with one attached hydrogen (secondary N) is 2. The highest BCUT2D eigenvalue weighted by molar-refractivity contribution is 5.95. The zero-order chi connectivity index (χ0) is 13.9. The summed E-state index contributed by atoms with van der Waals surface area (Å²) in [7, 11) is 0. The summed E-state index contributed by atoms with van der Waals surface area (Å²) >= 11 is 0. The lowest BCUT2D eigenvalue weighted by molar-refractivity contribution is 0.0949. The van der Waals surface area contributed by atoms with Crippen molar-refractivity contribution < 1.29 is 4.79 Å². The van der Waals surface area contributed by atoms with Crippen LogP contribution in [-0.2, 0) is 19.5 Å². The van der Waals surface area contributed by atoms with Crippen LogP contribution in [-0.4, -0.2) is 27.2 Å². The lowest BCUT2D eigenvalue weighted by Crippen LogP contribution is -2.24. The van der Waals surface area contributed by atoms with E-state index in [0.29, 0.717) is 12.1 Å². The molecule has 0 saturated carbocycles. The van der Waals surface area contributed by atoms with Gasteiger partial charge in [0.15, 0.2) is 5.82 Å². The van der Waals surface area contributed by atoms with Gasteiger partial charge in [0.05, 0.1) is 6.54 Å². The molecule has 0 unspecified atom stereocenters. The summed E-state index contributed by atoms with van der Waals surface area (Å²) in [6, 6.07) is 5.76. The number of carbonyl (C=O) groups is 1. The standard InChI is InChI=1S/C14H17N5O/c1-2-19-9-17-18-13(19)8-16-14(20)11-3-4-12-10(7-11)5-6-15-12/h3-4,7,9,15H,2,5-6,8H2,1H3,(H,16,20). The summed E-state index contributed by atoms with van der Waals surface area (Å²) in [4.78, 5) is 12.2. The lowest BCUT2D eigenvalue weighted by Gasteiger charge is -2.07. The molecule has 0 atom stereocenters. The summed E-state index contributed by atoms with van der Waals surface area (Å²) < 4.78 is 1.91. The van der Waals surface area contributed by atoms with Crippen LogP contribution in [0.5, 0.6) is 0 Å². The molecule has 0 fully saturated rings. The highest BCUT2D eigenvalue weighted by Gasteiger charge is 2.13. The van der Waals surface area contributed by atoms with Gasteiger partial charge in [0.2, 0.25) is 0 Å². The molecule has 0 saturated heterocycles. The van der Waals surface area contributed by atoms with Gasteiger partial charge < -0.3 is 15.2 Å². The predicted octanol–water partition coefficient (Wildman–Crippen LogP) is 1.20. The van der Waals surface area contributed by atoms with Gasteiger partial charge in [-0.05, 0) is 37.1 Å². The Morgan fingerprint density at radius 3 is 3.25 bits per heavy atom. The first-order chi connectivity index (χ1) is 9.78. The van der Waals surface area contributed by atoms with Crippen LogP contribution in [0.25, 0.3) is 0 Å². The van der Waals surface area contributed by atoms with Crippen molar-refractivity contribution in [3.05, 3.63) is 41.5 Å². The highest BCUT2D eigenvalue weighted by atomic mass is 16.1. The monoisotopic (exact) mass is 271 g/mol. The Kier molecular flexibility index (Phi) is 3.37. The molecule has 2 heterocycles. The van der Waals surface area contributed by atoms with Gasteiger partial charge >= 0.3 is 0 Å². The summed E-state index contributed by atoms with van der Waals surface area (Å²) in [6.07, 6.45) is 2.64. The van der Waals surface area contributed by atoms with Crippen molar-refractivity contribution in [1.29, 1.82) is 0 Å². The maximum Gasteiger partial charge on any atom is 0.251 e. The number of benzene rings is 1. The summed E-state index contributed by atoms with van der Waals surface area (Å²) in [6.45, 7) is 4.15. The van der Waals surface area contributed by atoms with Crippen molar-refractivity contribution >= 4 is 11.6 Å². The Bertz CT molecular complexity index is 634. The van der Waals surface area contributed by atoms with Crippen LogP contribution in [0.4, 0.5) is 5.69 Å². The van der Waals surface area contributed by atoms with Gasteiger partial charge in [-0.3, -0.25) is 4.79 Å². The zero-order valence-electron chi connectivity index (χ0n) is 11.4. The molecule has 1 aliphatic heterocycles. The van der Waals surface area contributed by atoms with Crippen LogP contribution in [0.2, 0.25) is 0 Å². The lowest BCUT2D eigenvalue weighted by atomic mass is 10.1. The van der Waals surface area contributed by atoms with E-state index in [1.165, 1.54) is 5.56 Å². The minimum atomic E-state index is -0.0784. The van der Waals surface area contributed by atoms with Gasteiger partial charge in [0.1, 0.15) is 6.33 Å². The van der Waals surface area contributed by atoms with Crippen molar-refractivity contribution in [2.75, 3.05) is 11.9 Å². The second-order valence-corrected chi connectivity index (χ2v) is 4.76. The number of anilines is 1. The largest absolute Gasteiger partial charge is 0.384 e. The molecule has 0 radical (unpaired) electrons. The third-order valence-electron chi connectivity index (χ3n) is 3.52. The van der Waals surface area contributed by atoms with Crippen molar-refractivity contribution in [2.24, 2.45) is 0 Å². The number of aryl methyl sites for hydroxylation is 1. The number of nitrogens with zero attached hydrogens (tertiary/aromatic N) is 3. The Morgan fingerprint density at radius 1 is 1.50 bits per heavy atom. The average molecular weight is 271 g/mol. The number of aromatic nitrogens is 3. The second-order valence-electron chi connectivity index (χ2n) is 4.76. The normalized spacial score (nSPS) is 12.8. The molecule has 1 aromatic heterocycles. The molecule has 3 rings (SSSR count). The van der Waals surface area contributed by atoms with Gasteiger partial charge in [0.25, 0.3) is 5.91 Å². The summed E-state index contributed by atoms with van der Waals surface area (Å²) in [5.74, 6) is 0.689. The second kappa shape index (κ2) is 5.32. The van der Waals surface area contributed by atoms with E-state index in [1.54, 1.807) is 6.33 Å². The number of amides is 1. The molecule has 6 nitrogen and oxygen atoms in total. The molecular weight excluding hydrogens is 254 g/mol. The highest BCUT2D eigenvalue weighted by Crippen LogP contribution is 2.22. The number of hydrogen-bond donors (Lipinski definition) is 2. The summed E-state index contributed by atoms with van der Waals surface area (Å²) in [5, 5.41) is 14.0. The van der Waals surface area contributed by atoms with Crippen LogP contribution >= 0.6 is 0 Å². The SMILES string of the molecule is CCn1cnnc1CNC(=O)c1ccc2c(c1)CCN2. The van der Waals surface area contributed by atoms with E-state index in [2.05, 4.69) is 20.8 Å². The Labute approximate surface area is 117 Å². The van der Waals surface area contributed by atoms with Crippen LogP contribution in [0.1, 0.15) is 28.7 Å². The van der Waals surface area contributed by atoms with E-state index >= 15 is 0 Å². The number of fused-ring (bicyclic) bond motifs is 1. The molecule has 0 spiro atoms. The van der Waals surface area contributed by atoms with Crippen molar-refractivity contribution in [3.63, 3.8) is 0 Å². The zero-order valence-corrected chi connectivity index (χ0v) is 11.4. The van der Waals surface area contributed by atoms with Crippen LogP contribution in [0.3, 0.4) is 0 Å².